The van der Waals surface area contributed by atoms with Gasteiger partial charge in [0.25, 0.3) is 0 Å². The molecule has 4 heteroatoms. The molecular weight excluding hydrogens is 300 g/mol. The Kier molecular flexibility index (Phi) is 6.67. The average Bonchev–Trinajstić information content (AvgIpc) is 3.13. The van der Waals surface area contributed by atoms with Gasteiger partial charge in [-0.1, -0.05) is 30.3 Å². The van der Waals surface area contributed by atoms with E-state index in [0.717, 1.165) is 45.5 Å². The number of rotatable bonds is 7. The predicted molar refractivity (Wildman–Crippen MR) is 95.7 cm³/mol. The molecule has 2 atom stereocenters. The number of nitrogens with zero attached hydrogens (tertiary/aromatic N) is 1. The van der Waals surface area contributed by atoms with Crippen molar-refractivity contribution in [1.29, 1.82) is 0 Å². The van der Waals surface area contributed by atoms with Gasteiger partial charge in [-0.3, -0.25) is 9.69 Å². The van der Waals surface area contributed by atoms with Crippen LogP contribution in [0.3, 0.4) is 0 Å². The normalized spacial score (nSPS) is 24.8. The third kappa shape index (κ3) is 5.60. The molecule has 2 saturated heterocycles. The fourth-order valence-electron chi connectivity index (χ4n) is 3.81. The van der Waals surface area contributed by atoms with Crippen molar-refractivity contribution in [2.24, 2.45) is 5.92 Å². The molecule has 24 heavy (non-hydrogen) atoms. The van der Waals surface area contributed by atoms with E-state index in [4.69, 9.17) is 4.74 Å². The summed E-state index contributed by atoms with van der Waals surface area (Å²) in [6.07, 6.45) is 6.49. The molecule has 3 rings (SSSR count). The third-order valence-electron chi connectivity index (χ3n) is 5.16. The minimum atomic E-state index is 0.186. The first-order valence-electron chi connectivity index (χ1n) is 9.44. The second kappa shape index (κ2) is 9.19. The minimum absolute atomic E-state index is 0.186. The molecule has 1 amide bonds. The van der Waals surface area contributed by atoms with Crippen molar-refractivity contribution in [3.05, 3.63) is 35.9 Å². The van der Waals surface area contributed by atoms with E-state index in [-0.39, 0.29) is 5.91 Å². The highest BCUT2D eigenvalue weighted by Gasteiger charge is 2.21. The Bertz CT molecular complexity index is 500. The standard InChI is InChI=1S/C20H30N2O2/c23-20(11-10-19-9-5-13-24-19)21-14-18-8-4-12-22(16-18)15-17-6-2-1-3-7-17/h1-3,6-7,18-19H,4-5,8-16H2,(H,21,23)/t18-,19-/m0/s1. The highest BCUT2D eigenvalue weighted by Crippen LogP contribution is 2.19. The van der Waals surface area contributed by atoms with E-state index in [1.807, 2.05) is 0 Å². The molecule has 1 aromatic rings. The van der Waals surface area contributed by atoms with Crippen LogP contribution in [0.2, 0.25) is 0 Å². The van der Waals surface area contributed by atoms with Crippen LogP contribution < -0.4 is 5.32 Å². The molecule has 2 aliphatic rings. The fourth-order valence-corrected chi connectivity index (χ4v) is 3.81. The number of amides is 1. The second-order valence-corrected chi connectivity index (χ2v) is 7.21. The highest BCUT2D eigenvalue weighted by atomic mass is 16.5. The van der Waals surface area contributed by atoms with E-state index in [1.54, 1.807) is 0 Å². The topological polar surface area (TPSA) is 41.6 Å². The van der Waals surface area contributed by atoms with Gasteiger partial charge in [-0.2, -0.15) is 0 Å². The summed E-state index contributed by atoms with van der Waals surface area (Å²) in [5.41, 5.74) is 1.37. The monoisotopic (exact) mass is 330 g/mol. The van der Waals surface area contributed by atoms with E-state index in [2.05, 4.69) is 40.5 Å². The Morgan fingerprint density at radius 1 is 1.21 bits per heavy atom. The largest absolute Gasteiger partial charge is 0.378 e. The molecule has 1 N–H and O–H groups in total. The lowest BCUT2D eigenvalue weighted by Crippen LogP contribution is -2.40. The summed E-state index contributed by atoms with van der Waals surface area (Å²) >= 11 is 0. The molecule has 2 fully saturated rings. The van der Waals surface area contributed by atoms with Crippen LogP contribution in [0.15, 0.2) is 30.3 Å². The molecule has 0 radical (unpaired) electrons. The van der Waals surface area contributed by atoms with Crippen LogP contribution >= 0.6 is 0 Å². The number of carbonyl (C=O) groups excluding carboxylic acids is 1. The molecule has 1 aromatic carbocycles. The lowest BCUT2D eigenvalue weighted by Gasteiger charge is -2.32. The van der Waals surface area contributed by atoms with Crippen LogP contribution in [0.1, 0.15) is 44.1 Å². The lowest BCUT2D eigenvalue weighted by molar-refractivity contribution is -0.122. The number of nitrogens with one attached hydrogen (secondary N) is 1. The van der Waals surface area contributed by atoms with Gasteiger partial charge in [-0.05, 0) is 50.1 Å². The van der Waals surface area contributed by atoms with E-state index >= 15 is 0 Å². The van der Waals surface area contributed by atoms with Crippen molar-refractivity contribution in [2.45, 2.75) is 51.2 Å². The maximum atomic E-state index is 12.0. The number of likely N-dealkylation sites (tertiary alicyclic amines) is 1. The minimum Gasteiger partial charge on any atom is -0.378 e. The summed E-state index contributed by atoms with van der Waals surface area (Å²) in [4.78, 5) is 14.6. The van der Waals surface area contributed by atoms with E-state index < -0.39 is 0 Å². The number of hydrogen-bond donors (Lipinski definition) is 1. The smallest absolute Gasteiger partial charge is 0.220 e. The Balaban J connectivity index is 1.35. The quantitative estimate of drug-likeness (QED) is 0.836. The first-order valence-corrected chi connectivity index (χ1v) is 9.44. The molecule has 132 valence electrons. The molecule has 0 unspecified atom stereocenters. The highest BCUT2D eigenvalue weighted by molar-refractivity contribution is 5.75. The van der Waals surface area contributed by atoms with Crippen molar-refractivity contribution in [1.82, 2.24) is 10.2 Å². The number of ether oxygens (including phenoxy) is 1. The Morgan fingerprint density at radius 3 is 2.88 bits per heavy atom. The van der Waals surface area contributed by atoms with Crippen LogP contribution in [-0.4, -0.2) is 43.2 Å². The number of carbonyl (C=O) groups is 1. The molecule has 0 spiro atoms. The number of piperidine rings is 1. The molecule has 0 saturated carbocycles. The molecule has 0 bridgehead atoms. The van der Waals surface area contributed by atoms with Gasteiger partial charge in [0.05, 0.1) is 6.10 Å². The Hall–Kier alpha value is -1.39. The number of benzene rings is 1. The zero-order chi connectivity index (χ0) is 16.6. The molecule has 4 nitrogen and oxygen atoms in total. The Labute approximate surface area is 145 Å². The summed E-state index contributed by atoms with van der Waals surface area (Å²) in [7, 11) is 0. The summed E-state index contributed by atoms with van der Waals surface area (Å²) in [6, 6.07) is 10.7. The second-order valence-electron chi connectivity index (χ2n) is 7.21. The van der Waals surface area contributed by atoms with Gasteiger partial charge in [0.1, 0.15) is 0 Å². The van der Waals surface area contributed by atoms with Crippen molar-refractivity contribution in [3.63, 3.8) is 0 Å². The Morgan fingerprint density at radius 2 is 2.08 bits per heavy atom. The zero-order valence-corrected chi connectivity index (χ0v) is 14.6. The van der Waals surface area contributed by atoms with Crippen LogP contribution in [-0.2, 0) is 16.1 Å². The van der Waals surface area contributed by atoms with Gasteiger partial charge in [-0.25, -0.2) is 0 Å². The maximum Gasteiger partial charge on any atom is 0.220 e. The maximum absolute atomic E-state index is 12.0. The van der Waals surface area contributed by atoms with Crippen LogP contribution in [0.25, 0.3) is 0 Å². The zero-order valence-electron chi connectivity index (χ0n) is 14.6. The lowest BCUT2D eigenvalue weighted by atomic mass is 9.97. The van der Waals surface area contributed by atoms with Gasteiger partial charge < -0.3 is 10.1 Å². The molecule has 2 aliphatic heterocycles. The molecule has 0 aromatic heterocycles. The van der Waals surface area contributed by atoms with Gasteiger partial charge in [0.2, 0.25) is 5.91 Å². The van der Waals surface area contributed by atoms with Crippen LogP contribution in [0, 0.1) is 5.92 Å². The first kappa shape index (κ1) is 17.4. The van der Waals surface area contributed by atoms with Crippen molar-refractivity contribution >= 4 is 5.91 Å². The van der Waals surface area contributed by atoms with E-state index in [9.17, 15) is 4.79 Å². The molecular formula is C20H30N2O2. The third-order valence-corrected chi connectivity index (χ3v) is 5.16. The van der Waals surface area contributed by atoms with E-state index in [0.29, 0.717) is 18.4 Å². The summed E-state index contributed by atoms with van der Waals surface area (Å²) < 4.78 is 5.58. The van der Waals surface area contributed by atoms with Gasteiger partial charge in [0, 0.05) is 32.7 Å². The average molecular weight is 330 g/mol. The SMILES string of the molecule is O=C(CC[C@@H]1CCCO1)NC[C@@H]1CCCN(Cc2ccccc2)C1. The van der Waals surface area contributed by atoms with E-state index in [1.165, 1.54) is 24.9 Å². The fraction of sp³-hybridized carbons (Fsp3) is 0.650. The van der Waals surface area contributed by atoms with Crippen LogP contribution in [0.4, 0.5) is 0 Å². The van der Waals surface area contributed by atoms with Crippen molar-refractivity contribution in [2.75, 3.05) is 26.2 Å². The summed E-state index contributed by atoms with van der Waals surface area (Å²) in [5, 5.41) is 3.14. The van der Waals surface area contributed by atoms with Crippen molar-refractivity contribution in [3.8, 4) is 0 Å². The summed E-state index contributed by atoms with van der Waals surface area (Å²) in [5.74, 6) is 0.764. The summed E-state index contributed by atoms with van der Waals surface area (Å²) in [6.45, 7) is 4.95. The molecule has 0 aliphatic carbocycles. The number of hydrogen-bond acceptors (Lipinski definition) is 3. The van der Waals surface area contributed by atoms with Crippen molar-refractivity contribution < 1.29 is 9.53 Å². The van der Waals surface area contributed by atoms with Gasteiger partial charge in [0.15, 0.2) is 0 Å². The first-order chi connectivity index (χ1) is 11.8. The molecule has 2 heterocycles. The van der Waals surface area contributed by atoms with Crippen LogP contribution in [0.5, 0.6) is 0 Å². The van der Waals surface area contributed by atoms with Gasteiger partial charge in [-0.15, -0.1) is 0 Å². The van der Waals surface area contributed by atoms with Gasteiger partial charge >= 0.3 is 0 Å². The predicted octanol–water partition coefficient (Wildman–Crippen LogP) is 2.97.